The van der Waals surface area contributed by atoms with Crippen molar-refractivity contribution in [2.75, 3.05) is 5.32 Å². The van der Waals surface area contributed by atoms with Crippen molar-refractivity contribution in [2.24, 2.45) is 10.7 Å². The van der Waals surface area contributed by atoms with E-state index in [1.165, 1.54) is 18.2 Å². The lowest BCUT2D eigenvalue weighted by molar-refractivity contribution is -0.122. The number of nitrogens with one attached hydrogen (secondary N) is 1. The molecule has 9 heteroatoms. The Bertz CT molecular complexity index is 1560. The maximum absolute atomic E-state index is 14.7. The van der Waals surface area contributed by atoms with Gasteiger partial charge in [0.25, 0.3) is 0 Å². The molecule has 4 aromatic rings. The van der Waals surface area contributed by atoms with Crippen LogP contribution in [-0.2, 0) is 17.8 Å². The minimum atomic E-state index is -0.894. The fraction of sp³-hybridized carbons (Fsp3) is 0.172. The van der Waals surface area contributed by atoms with Gasteiger partial charge in [0.1, 0.15) is 11.6 Å². The summed E-state index contributed by atoms with van der Waals surface area (Å²) in [5, 5.41) is 3.58. The second-order valence-corrected chi connectivity index (χ2v) is 10.1. The first-order chi connectivity index (χ1) is 18.1. The highest BCUT2D eigenvalue weighted by Gasteiger charge is 2.25. The second kappa shape index (κ2) is 10.0. The van der Waals surface area contributed by atoms with Gasteiger partial charge < -0.3 is 11.1 Å². The third-order valence-corrected chi connectivity index (χ3v) is 6.49. The van der Waals surface area contributed by atoms with E-state index in [1.54, 1.807) is 38.2 Å². The number of carbonyl (C=O) groups excluding carboxylic acids is 1. The summed E-state index contributed by atoms with van der Waals surface area (Å²) in [6, 6.07) is 16.1. The van der Waals surface area contributed by atoms with Crippen LogP contribution in [0.15, 0.2) is 71.9 Å². The summed E-state index contributed by atoms with van der Waals surface area (Å²) in [7, 11) is 0. The molecule has 0 bridgehead atoms. The van der Waals surface area contributed by atoms with Crippen LogP contribution in [0, 0.1) is 11.6 Å². The number of fused-ring (bicyclic) bond motifs is 3. The summed E-state index contributed by atoms with van der Waals surface area (Å²) in [5.41, 5.74) is 8.90. The van der Waals surface area contributed by atoms with E-state index >= 15 is 0 Å². The molecule has 38 heavy (non-hydrogen) atoms. The Labute approximate surface area is 223 Å². The molecule has 0 unspecified atom stereocenters. The monoisotopic (exact) mass is 531 g/mol. The van der Waals surface area contributed by atoms with E-state index in [4.69, 9.17) is 22.3 Å². The molecule has 0 fully saturated rings. The fourth-order valence-corrected chi connectivity index (χ4v) is 4.34. The first kappa shape index (κ1) is 25.6. The Balaban J connectivity index is 1.48. The van der Waals surface area contributed by atoms with Crippen LogP contribution in [0.2, 0.25) is 5.02 Å². The van der Waals surface area contributed by atoms with Crippen molar-refractivity contribution in [3.8, 4) is 11.3 Å². The maximum atomic E-state index is 14.7. The molecule has 1 aliphatic rings. The number of rotatable bonds is 6. The minimum absolute atomic E-state index is 0.0529. The smallest absolute Gasteiger partial charge is 0.227 e. The van der Waals surface area contributed by atoms with E-state index in [2.05, 4.69) is 15.3 Å². The molecular weight excluding hydrogens is 508 g/mol. The number of hydrogen-bond donors (Lipinski definition) is 2. The number of aromatic nitrogens is 2. The lowest BCUT2D eigenvalue weighted by atomic mass is 9.95. The molecule has 0 spiro atoms. The van der Waals surface area contributed by atoms with E-state index in [0.717, 1.165) is 11.3 Å². The molecule has 1 aromatic heterocycles. The van der Waals surface area contributed by atoms with Crippen molar-refractivity contribution in [3.05, 3.63) is 106 Å². The summed E-state index contributed by atoms with van der Waals surface area (Å²) in [6.45, 7) is 3.51. The highest BCUT2D eigenvalue weighted by Crippen LogP contribution is 2.34. The summed E-state index contributed by atoms with van der Waals surface area (Å²) in [4.78, 5) is 25.9. The van der Waals surface area contributed by atoms with Gasteiger partial charge in [0.05, 0.1) is 29.1 Å². The minimum Gasteiger partial charge on any atom is -0.324 e. The number of nitrogens with two attached hydrogens (primary N) is 1. The standard InChI is InChI=1S/C29H24ClF2N5O/c1-29(2,33)24(38)12-16-6-9-19(10-7-16)36-28-35-15-17-14-34-27(25-22(31)4-3-5-23(25)32)21-13-18(30)8-11-20(21)26(17)37-28/h3-11,13,15H,12,14,33H2,1-2H3,(H,35,36,37). The Morgan fingerprint density at radius 2 is 1.76 bits per heavy atom. The van der Waals surface area contributed by atoms with Crippen molar-refractivity contribution in [1.29, 1.82) is 0 Å². The van der Waals surface area contributed by atoms with E-state index in [1.807, 2.05) is 24.3 Å². The lowest BCUT2D eigenvalue weighted by Gasteiger charge is -2.16. The van der Waals surface area contributed by atoms with Gasteiger partial charge in [0.15, 0.2) is 5.78 Å². The molecule has 3 aromatic carbocycles. The van der Waals surface area contributed by atoms with Crippen LogP contribution in [0.25, 0.3) is 11.3 Å². The average molecular weight is 532 g/mol. The van der Waals surface area contributed by atoms with Crippen LogP contribution in [0.5, 0.6) is 0 Å². The van der Waals surface area contributed by atoms with Crippen LogP contribution in [-0.4, -0.2) is 27.0 Å². The average Bonchev–Trinajstić information content (AvgIpc) is 3.01. The zero-order valence-electron chi connectivity index (χ0n) is 20.7. The highest BCUT2D eigenvalue weighted by atomic mass is 35.5. The zero-order chi connectivity index (χ0) is 27.0. The van der Waals surface area contributed by atoms with Crippen molar-refractivity contribution >= 4 is 34.7 Å². The predicted octanol–water partition coefficient (Wildman–Crippen LogP) is 6.02. The lowest BCUT2D eigenvalue weighted by Crippen LogP contribution is -2.42. The van der Waals surface area contributed by atoms with Gasteiger partial charge in [0, 0.05) is 40.0 Å². The summed E-state index contributed by atoms with van der Waals surface area (Å²) < 4.78 is 29.5. The third-order valence-electron chi connectivity index (χ3n) is 6.26. The van der Waals surface area contributed by atoms with Crippen LogP contribution >= 0.6 is 11.6 Å². The van der Waals surface area contributed by atoms with Crippen molar-refractivity contribution in [2.45, 2.75) is 32.4 Å². The molecule has 5 rings (SSSR count). The summed E-state index contributed by atoms with van der Waals surface area (Å²) in [5.74, 6) is -1.15. The predicted molar refractivity (Wildman–Crippen MR) is 145 cm³/mol. The van der Waals surface area contributed by atoms with E-state index in [0.29, 0.717) is 33.4 Å². The molecule has 192 valence electrons. The van der Waals surface area contributed by atoms with Crippen molar-refractivity contribution < 1.29 is 13.6 Å². The normalized spacial score (nSPS) is 12.7. The Morgan fingerprint density at radius 1 is 1.05 bits per heavy atom. The van der Waals surface area contributed by atoms with Gasteiger partial charge in [-0.2, -0.15) is 0 Å². The molecule has 0 radical (unpaired) electrons. The number of anilines is 2. The fourth-order valence-electron chi connectivity index (χ4n) is 4.17. The number of benzene rings is 3. The quantitative estimate of drug-likeness (QED) is 0.317. The van der Waals surface area contributed by atoms with Gasteiger partial charge in [-0.1, -0.05) is 35.9 Å². The number of carbonyl (C=O) groups is 1. The van der Waals surface area contributed by atoms with Gasteiger partial charge in [-0.25, -0.2) is 18.7 Å². The molecule has 0 atom stereocenters. The first-order valence-electron chi connectivity index (χ1n) is 11.9. The largest absolute Gasteiger partial charge is 0.324 e. The number of halogens is 3. The molecular formula is C29H24ClF2N5O. The topological polar surface area (TPSA) is 93.3 Å². The molecule has 0 saturated heterocycles. The molecule has 6 nitrogen and oxygen atoms in total. The van der Waals surface area contributed by atoms with Crippen LogP contribution in [0.1, 0.15) is 36.1 Å². The van der Waals surface area contributed by atoms with Gasteiger partial charge in [0.2, 0.25) is 5.95 Å². The van der Waals surface area contributed by atoms with E-state index in [-0.39, 0.29) is 30.0 Å². The first-order valence-corrected chi connectivity index (χ1v) is 12.3. The van der Waals surface area contributed by atoms with Crippen LogP contribution < -0.4 is 11.1 Å². The van der Waals surface area contributed by atoms with Crippen LogP contribution in [0.4, 0.5) is 20.4 Å². The number of nitrogens with zero attached hydrogens (tertiary/aromatic N) is 3. The number of ketones is 1. The van der Waals surface area contributed by atoms with E-state index < -0.39 is 17.2 Å². The summed E-state index contributed by atoms with van der Waals surface area (Å²) in [6.07, 6.45) is 1.88. The molecule has 1 aliphatic heterocycles. The molecule has 0 aliphatic carbocycles. The van der Waals surface area contributed by atoms with Crippen molar-refractivity contribution in [1.82, 2.24) is 9.97 Å². The van der Waals surface area contributed by atoms with Gasteiger partial charge in [-0.3, -0.25) is 9.79 Å². The SMILES string of the molecule is CC(C)(N)C(=O)Cc1ccc(Nc2ncc3c(n2)-c2ccc(Cl)cc2C(c2c(F)cccc2F)=NC3)cc1. The van der Waals surface area contributed by atoms with Gasteiger partial charge in [-0.05, 0) is 55.8 Å². The summed E-state index contributed by atoms with van der Waals surface area (Å²) >= 11 is 6.28. The number of hydrogen-bond acceptors (Lipinski definition) is 6. The Kier molecular flexibility index (Phi) is 6.77. The molecule has 0 saturated carbocycles. The molecule has 2 heterocycles. The third kappa shape index (κ3) is 5.18. The van der Waals surface area contributed by atoms with Crippen molar-refractivity contribution in [3.63, 3.8) is 0 Å². The molecule has 0 amide bonds. The number of Topliss-reactive ketones (excluding diaryl/α,β-unsaturated/α-hetero) is 1. The van der Waals surface area contributed by atoms with Crippen LogP contribution in [0.3, 0.4) is 0 Å². The zero-order valence-corrected chi connectivity index (χ0v) is 21.5. The molecule has 3 N–H and O–H groups in total. The maximum Gasteiger partial charge on any atom is 0.227 e. The Morgan fingerprint density at radius 3 is 2.45 bits per heavy atom. The number of aliphatic imine (C=N–C) groups is 1. The Hall–Kier alpha value is -4.01. The van der Waals surface area contributed by atoms with Gasteiger partial charge >= 0.3 is 0 Å². The van der Waals surface area contributed by atoms with E-state index in [9.17, 15) is 13.6 Å². The van der Waals surface area contributed by atoms with Gasteiger partial charge in [-0.15, -0.1) is 0 Å². The second-order valence-electron chi connectivity index (χ2n) is 9.66. The highest BCUT2D eigenvalue weighted by molar-refractivity contribution is 6.31.